The molecule has 0 aromatic heterocycles. The Bertz CT molecular complexity index is 148. The van der Waals surface area contributed by atoms with Gasteiger partial charge >= 0.3 is 0 Å². The van der Waals surface area contributed by atoms with Crippen molar-refractivity contribution in [2.24, 2.45) is 5.73 Å². The highest BCUT2D eigenvalue weighted by Gasteiger charge is 2.25. The molecule has 0 aromatic carbocycles. The topological polar surface area (TPSA) is 47.7 Å². The second kappa shape index (κ2) is 8.43. The molecule has 92 valence electrons. The lowest BCUT2D eigenvalue weighted by Gasteiger charge is -2.34. The first-order valence-corrected chi connectivity index (χ1v) is 6.63. The molecule has 15 heavy (non-hydrogen) atoms. The van der Waals surface area contributed by atoms with Crippen LogP contribution in [0.3, 0.4) is 0 Å². The lowest BCUT2D eigenvalue weighted by Crippen LogP contribution is -2.33. The summed E-state index contributed by atoms with van der Waals surface area (Å²) in [6.45, 7) is 9.95. The molecule has 1 atom stereocenters. The number of hydrogen-bond acceptors (Lipinski definition) is 4. The molecule has 0 aliphatic rings. The van der Waals surface area contributed by atoms with Crippen molar-refractivity contribution >= 4 is 8.53 Å². The average Bonchev–Trinajstić information content (AvgIpc) is 2.15. The van der Waals surface area contributed by atoms with E-state index in [9.17, 15) is 0 Å². The van der Waals surface area contributed by atoms with Crippen LogP contribution in [0.5, 0.6) is 0 Å². The molecule has 4 nitrogen and oxygen atoms in total. The molecule has 0 saturated heterocycles. The molecule has 0 fully saturated rings. The van der Waals surface area contributed by atoms with E-state index in [1.807, 2.05) is 0 Å². The zero-order chi connectivity index (χ0) is 11.8. The van der Waals surface area contributed by atoms with Gasteiger partial charge < -0.3 is 14.8 Å². The summed E-state index contributed by atoms with van der Waals surface area (Å²) in [4.78, 5) is 0. The van der Waals surface area contributed by atoms with Crippen LogP contribution in [0.15, 0.2) is 0 Å². The van der Waals surface area contributed by atoms with Gasteiger partial charge in [-0.1, -0.05) is 0 Å². The van der Waals surface area contributed by atoms with Crippen LogP contribution in [-0.4, -0.2) is 37.0 Å². The average molecular weight is 236 g/mol. The summed E-state index contributed by atoms with van der Waals surface area (Å²) in [6, 6.07) is 0.850. The molecule has 0 aliphatic heterocycles. The van der Waals surface area contributed by atoms with E-state index in [0.29, 0.717) is 25.2 Å². The van der Waals surface area contributed by atoms with Crippen LogP contribution in [0, 0.1) is 0 Å². The fourth-order valence-corrected chi connectivity index (χ4v) is 2.88. The Morgan fingerprint density at radius 1 is 1.20 bits per heavy atom. The minimum Gasteiger partial charge on any atom is -0.330 e. The molecule has 0 aliphatic carbocycles. The maximum absolute atomic E-state index is 5.70. The van der Waals surface area contributed by atoms with E-state index in [-0.39, 0.29) is 0 Å². The van der Waals surface area contributed by atoms with Crippen LogP contribution >= 0.6 is 8.53 Å². The van der Waals surface area contributed by atoms with Gasteiger partial charge in [0.1, 0.15) is 0 Å². The van der Waals surface area contributed by atoms with Gasteiger partial charge in [-0.3, -0.25) is 0 Å². The fraction of sp³-hybridized carbons (Fsp3) is 1.00. The summed E-state index contributed by atoms with van der Waals surface area (Å²) in [5.74, 6) is 0. The quantitative estimate of drug-likeness (QED) is 0.519. The van der Waals surface area contributed by atoms with E-state index < -0.39 is 8.53 Å². The molecule has 0 rings (SSSR count). The van der Waals surface area contributed by atoms with Crippen molar-refractivity contribution in [3.05, 3.63) is 0 Å². The van der Waals surface area contributed by atoms with Gasteiger partial charge in [0.05, 0.1) is 6.61 Å². The van der Waals surface area contributed by atoms with E-state index in [2.05, 4.69) is 32.4 Å². The van der Waals surface area contributed by atoms with Crippen molar-refractivity contribution in [3.8, 4) is 0 Å². The Morgan fingerprint density at radius 3 is 2.07 bits per heavy atom. The Kier molecular flexibility index (Phi) is 8.58. The lowest BCUT2D eigenvalue weighted by molar-refractivity contribution is 0.194. The van der Waals surface area contributed by atoms with Crippen molar-refractivity contribution in [2.75, 3.05) is 20.3 Å². The van der Waals surface area contributed by atoms with Gasteiger partial charge in [-0.25, -0.2) is 4.67 Å². The standard InChI is InChI=1S/C10H25N2O2P/c1-9(2)12(10(3)4)15(13-5)14-8-6-7-11/h9-10H,6-8,11H2,1-5H3. The zero-order valence-electron chi connectivity index (χ0n) is 10.6. The molecule has 0 heterocycles. The van der Waals surface area contributed by atoms with Crippen LogP contribution in [0.25, 0.3) is 0 Å². The van der Waals surface area contributed by atoms with Crippen LogP contribution in [0.1, 0.15) is 34.1 Å². The molecule has 2 N–H and O–H groups in total. The van der Waals surface area contributed by atoms with E-state index in [4.69, 9.17) is 14.8 Å². The van der Waals surface area contributed by atoms with Crippen LogP contribution < -0.4 is 5.73 Å². The molecular weight excluding hydrogens is 211 g/mol. The minimum absolute atomic E-state index is 0.425. The van der Waals surface area contributed by atoms with Gasteiger partial charge in [-0.15, -0.1) is 0 Å². The number of hydrogen-bond donors (Lipinski definition) is 1. The first-order valence-electron chi connectivity index (χ1n) is 5.50. The Hall–Kier alpha value is 0.270. The molecule has 0 aromatic rings. The molecule has 5 heteroatoms. The second-order valence-corrected chi connectivity index (χ2v) is 5.52. The van der Waals surface area contributed by atoms with Gasteiger partial charge in [0.2, 0.25) is 0 Å². The van der Waals surface area contributed by atoms with Gasteiger partial charge in [0.25, 0.3) is 8.53 Å². The van der Waals surface area contributed by atoms with E-state index in [0.717, 1.165) is 6.42 Å². The third kappa shape index (κ3) is 5.79. The van der Waals surface area contributed by atoms with Crippen molar-refractivity contribution < 1.29 is 9.05 Å². The van der Waals surface area contributed by atoms with E-state index >= 15 is 0 Å². The monoisotopic (exact) mass is 236 g/mol. The molecular formula is C10H25N2O2P. The van der Waals surface area contributed by atoms with Crippen LogP contribution in [0.4, 0.5) is 0 Å². The Balaban J connectivity index is 4.19. The molecule has 0 radical (unpaired) electrons. The minimum atomic E-state index is -0.935. The van der Waals surface area contributed by atoms with Crippen LogP contribution in [-0.2, 0) is 9.05 Å². The summed E-state index contributed by atoms with van der Waals surface area (Å²) in [7, 11) is 0.766. The van der Waals surface area contributed by atoms with Crippen molar-refractivity contribution in [1.29, 1.82) is 0 Å². The zero-order valence-corrected chi connectivity index (χ0v) is 11.5. The highest BCUT2D eigenvalue weighted by molar-refractivity contribution is 7.44. The van der Waals surface area contributed by atoms with Gasteiger partial charge in [0, 0.05) is 19.2 Å². The normalized spacial score (nSPS) is 14.2. The van der Waals surface area contributed by atoms with Crippen molar-refractivity contribution in [1.82, 2.24) is 4.67 Å². The third-order valence-corrected chi connectivity index (χ3v) is 3.97. The maximum Gasteiger partial charge on any atom is 0.258 e. The molecule has 0 amide bonds. The summed E-state index contributed by atoms with van der Waals surface area (Å²) in [5, 5.41) is 0. The smallest absolute Gasteiger partial charge is 0.258 e. The molecule has 1 unspecified atom stereocenters. The summed E-state index contributed by atoms with van der Waals surface area (Å²) < 4.78 is 13.4. The highest BCUT2D eigenvalue weighted by Crippen LogP contribution is 2.44. The summed E-state index contributed by atoms with van der Waals surface area (Å²) in [5.41, 5.74) is 5.42. The third-order valence-electron chi connectivity index (χ3n) is 1.95. The molecule has 0 bridgehead atoms. The van der Waals surface area contributed by atoms with E-state index in [1.54, 1.807) is 7.11 Å². The van der Waals surface area contributed by atoms with Gasteiger partial charge in [-0.2, -0.15) is 0 Å². The van der Waals surface area contributed by atoms with Gasteiger partial charge in [0.15, 0.2) is 0 Å². The number of nitrogens with zero attached hydrogens (tertiary/aromatic N) is 1. The fourth-order valence-electron chi connectivity index (χ4n) is 1.41. The number of rotatable bonds is 8. The SMILES string of the molecule is COP(OCCCN)N(C(C)C)C(C)C. The largest absolute Gasteiger partial charge is 0.330 e. The Labute approximate surface area is 95.1 Å². The molecule has 0 saturated carbocycles. The first kappa shape index (κ1) is 15.3. The van der Waals surface area contributed by atoms with Crippen molar-refractivity contribution in [3.63, 3.8) is 0 Å². The van der Waals surface area contributed by atoms with E-state index in [1.165, 1.54) is 0 Å². The summed E-state index contributed by atoms with van der Waals surface area (Å²) >= 11 is 0. The lowest BCUT2D eigenvalue weighted by atomic mass is 10.3. The predicted molar refractivity (Wildman–Crippen MR) is 65.7 cm³/mol. The molecule has 0 spiro atoms. The van der Waals surface area contributed by atoms with Gasteiger partial charge in [-0.05, 0) is 40.7 Å². The Morgan fingerprint density at radius 2 is 1.73 bits per heavy atom. The first-order chi connectivity index (χ1) is 7.04. The predicted octanol–water partition coefficient (Wildman–Crippen LogP) is 2.34. The summed E-state index contributed by atoms with van der Waals surface area (Å²) in [6.07, 6.45) is 0.881. The number of nitrogens with two attached hydrogens (primary N) is 1. The second-order valence-electron chi connectivity index (χ2n) is 3.96. The maximum atomic E-state index is 5.70. The highest BCUT2D eigenvalue weighted by atomic mass is 31.2. The van der Waals surface area contributed by atoms with Crippen LogP contribution in [0.2, 0.25) is 0 Å². The van der Waals surface area contributed by atoms with Crippen molar-refractivity contribution in [2.45, 2.75) is 46.2 Å².